The Hall–Kier alpha value is -3.16. The van der Waals surface area contributed by atoms with Gasteiger partial charge in [0.05, 0.1) is 6.61 Å². The number of piperazine rings is 1. The highest BCUT2D eigenvalue weighted by atomic mass is 16.6. The van der Waals surface area contributed by atoms with E-state index in [-0.39, 0.29) is 12.0 Å². The highest BCUT2D eigenvalue weighted by Crippen LogP contribution is 2.15. The van der Waals surface area contributed by atoms with Crippen molar-refractivity contribution in [1.82, 2.24) is 19.8 Å². The Kier molecular flexibility index (Phi) is 6.41. The molecule has 1 aliphatic heterocycles. The van der Waals surface area contributed by atoms with Crippen LogP contribution in [-0.2, 0) is 11.2 Å². The average molecular weight is 383 g/mol. The summed E-state index contributed by atoms with van der Waals surface area (Å²) in [5.74, 6) is 0.204. The first-order valence-corrected chi connectivity index (χ1v) is 9.50. The molecule has 1 fully saturated rings. The molecule has 0 bridgehead atoms. The predicted molar refractivity (Wildman–Crippen MR) is 106 cm³/mol. The molecular weight excluding hydrogens is 358 g/mol. The zero-order valence-corrected chi connectivity index (χ0v) is 16.2. The topological polar surface area (TPSA) is 87.7 Å². The van der Waals surface area contributed by atoms with Crippen molar-refractivity contribution in [2.24, 2.45) is 0 Å². The molecule has 3 rings (SSSR count). The fourth-order valence-corrected chi connectivity index (χ4v) is 2.96. The van der Waals surface area contributed by atoms with Gasteiger partial charge in [-0.15, -0.1) is 0 Å². The second kappa shape index (κ2) is 9.16. The first-order chi connectivity index (χ1) is 13.6. The SMILES string of the molecule is CCOC(=O)N1CCN(C(=O)c2ccnc(Nc3ccc(CC)cc3)n2)CC1. The Morgan fingerprint density at radius 2 is 1.71 bits per heavy atom. The molecule has 28 heavy (non-hydrogen) atoms. The number of hydrogen-bond donors (Lipinski definition) is 1. The van der Waals surface area contributed by atoms with Gasteiger partial charge in [-0.2, -0.15) is 0 Å². The van der Waals surface area contributed by atoms with Gasteiger partial charge in [0.2, 0.25) is 5.95 Å². The van der Waals surface area contributed by atoms with E-state index in [4.69, 9.17) is 4.74 Å². The van der Waals surface area contributed by atoms with Crippen LogP contribution in [0.25, 0.3) is 0 Å². The molecule has 0 spiro atoms. The second-order valence-corrected chi connectivity index (χ2v) is 6.42. The molecule has 8 heteroatoms. The Bertz CT molecular complexity index is 817. The van der Waals surface area contributed by atoms with Crippen molar-refractivity contribution < 1.29 is 14.3 Å². The highest BCUT2D eigenvalue weighted by Gasteiger charge is 2.26. The Morgan fingerprint density at radius 1 is 1.04 bits per heavy atom. The van der Waals surface area contributed by atoms with Crippen LogP contribution >= 0.6 is 0 Å². The number of aromatic nitrogens is 2. The Morgan fingerprint density at radius 3 is 2.36 bits per heavy atom. The predicted octanol–water partition coefficient (Wildman–Crippen LogP) is 2.70. The summed E-state index contributed by atoms with van der Waals surface area (Å²) in [4.78, 5) is 36.4. The van der Waals surface area contributed by atoms with Gasteiger partial charge < -0.3 is 19.9 Å². The third-order valence-electron chi connectivity index (χ3n) is 4.59. The molecule has 0 unspecified atom stereocenters. The first-order valence-electron chi connectivity index (χ1n) is 9.50. The molecule has 148 valence electrons. The molecule has 1 aromatic heterocycles. The molecule has 8 nitrogen and oxygen atoms in total. The number of amides is 2. The summed E-state index contributed by atoms with van der Waals surface area (Å²) in [6.45, 7) is 6.01. The van der Waals surface area contributed by atoms with Gasteiger partial charge in [0, 0.05) is 38.1 Å². The molecule has 1 aromatic carbocycles. The third-order valence-corrected chi connectivity index (χ3v) is 4.59. The van der Waals surface area contributed by atoms with Crippen LogP contribution in [0.1, 0.15) is 29.9 Å². The van der Waals surface area contributed by atoms with Gasteiger partial charge in [0.25, 0.3) is 5.91 Å². The summed E-state index contributed by atoms with van der Waals surface area (Å²) in [5.41, 5.74) is 2.44. The number of nitrogens with one attached hydrogen (secondary N) is 1. The lowest BCUT2D eigenvalue weighted by molar-refractivity contribution is 0.0566. The lowest BCUT2D eigenvalue weighted by Gasteiger charge is -2.33. The molecule has 2 heterocycles. The number of carbonyl (C=O) groups excluding carboxylic acids is 2. The van der Waals surface area contributed by atoms with Crippen LogP contribution in [0.5, 0.6) is 0 Å². The summed E-state index contributed by atoms with van der Waals surface area (Å²) in [7, 11) is 0. The van der Waals surface area contributed by atoms with Gasteiger partial charge in [-0.3, -0.25) is 4.79 Å². The van der Waals surface area contributed by atoms with Crippen molar-refractivity contribution in [3.63, 3.8) is 0 Å². The van der Waals surface area contributed by atoms with Crippen molar-refractivity contribution >= 4 is 23.6 Å². The number of carbonyl (C=O) groups is 2. The van der Waals surface area contributed by atoms with Gasteiger partial charge >= 0.3 is 6.09 Å². The summed E-state index contributed by atoms with van der Waals surface area (Å²) in [5, 5.41) is 3.13. The summed E-state index contributed by atoms with van der Waals surface area (Å²) in [6.07, 6.45) is 2.21. The minimum atomic E-state index is -0.336. The molecule has 1 aliphatic rings. The van der Waals surface area contributed by atoms with Crippen LogP contribution in [0.15, 0.2) is 36.5 Å². The van der Waals surface area contributed by atoms with E-state index in [0.717, 1.165) is 12.1 Å². The standard InChI is InChI=1S/C20H25N5O3/c1-3-15-5-7-16(8-6-15)22-19-21-10-9-17(23-19)18(26)24-11-13-25(14-12-24)20(27)28-4-2/h5-10H,3-4,11-14H2,1-2H3,(H,21,22,23). The molecular formula is C20H25N5O3. The number of rotatable bonds is 5. The second-order valence-electron chi connectivity index (χ2n) is 6.42. The number of benzene rings is 1. The quantitative estimate of drug-likeness (QED) is 0.854. The maximum Gasteiger partial charge on any atom is 0.409 e. The van der Waals surface area contributed by atoms with E-state index in [1.807, 2.05) is 24.3 Å². The van der Waals surface area contributed by atoms with Crippen molar-refractivity contribution in [1.29, 1.82) is 0 Å². The average Bonchev–Trinajstić information content (AvgIpc) is 2.74. The number of hydrogen-bond acceptors (Lipinski definition) is 6. The first kappa shape index (κ1) is 19.6. The summed E-state index contributed by atoms with van der Waals surface area (Å²) >= 11 is 0. The van der Waals surface area contributed by atoms with Gasteiger partial charge in [0.15, 0.2) is 0 Å². The third kappa shape index (κ3) is 4.76. The molecule has 1 saturated heterocycles. The zero-order chi connectivity index (χ0) is 19.9. The van der Waals surface area contributed by atoms with Crippen molar-refractivity contribution in [3.8, 4) is 0 Å². The summed E-state index contributed by atoms with van der Waals surface area (Å²) in [6, 6.07) is 9.61. The normalized spacial score (nSPS) is 13.9. The molecule has 0 atom stereocenters. The molecule has 0 saturated carbocycles. The van der Waals surface area contributed by atoms with E-state index >= 15 is 0 Å². The van der Waals surface area contributed by atoms with E-state index in [1.165, 1.54) is 5.56 Å². The van der Waals surface area contributed by atoms with E-state index < -0.39 is 0 Å². The fourth-order valence-electron chi connectivity index (χ4n) is 2.96. The van der Waals surface area contributed by atoms with Crippen LogP contribution in [0.3, 0.4) is 0 Å². The lowest BCUT2D eigenvalue weighted by Crippen LogP contribution is -2.50. The lowest BCUT2D eigenvalue weighted by atomic mass is 10.1. The van der Waals surface area contributed by atoms with E-state index in [1.54, 1.807) is 29.0 Å². The van der Waals surface area contributed by atoms with E-state index in [2.05, 4.69) is 22.2 Å². The highest BCUT2D eigenvalue weighted by molar-refractivity contribution is 5.92. The van der Waals surface area contributed by atoms with Crippen molar-refractivity contribution in [2.75, 3.05) is 38.1 Å². The van der Waals surface area contributed by atoms with Crippen LogP contribution < -0.4 is 5.32 Å². The largest absolute Gasteiger partial charge is 0.450 e. The Labute approximate surface area is 164 Å². The number of anilines is 2. The van der Waals surface area contributed by atoms with Crippen LogP contribution in [0, 0.1) is 0 Å². The minimum Gasteiger partial charge on any atom is -0.450 e. The number of ether oxygens (including phenoxy) is 1. The smallest absolute Gasteiger partial charge is 0.409 e. The summed E-state index contributed by atoms with van der Waals surface area (Å²) < 4.78 is 5.00. The van der Waals surface area contributed by atoms with Crippen molar-refractivity contribution in [3.05, 3.63) is 47.8 Å². The van der Waals surface area contributed by atoms with Crippen molar-refractivity contribution in [2.45, 2.75) is 20.3 Å². The molecule has 0 aliphatic carbocycles. The number of aryl methyl sites for hydroxylation is 1. The Balaban J connectivity index is 1.61. The van der Waals surface area contributed by atoms with Gasteiger partial charge in [-0.05, 0) is 37.1 Å². The molecule has 2 aromatic rings. The van der Waals surface area contributed by atoms with Gasteiger partial charge in [0.1, 0.15) is 5.69 Å². The minimum absolute atomic E-state index is 0.171. The molecule has 0 radical (unpaired) electrons. The monoisotopic (exact) mass is 383 g/mol. The van der Waals surface area contributed by atoms with Gasteiger partial charge in [-0.25, -0.2) is 14.8 Å². The maximum atomic E-state index is 12.8. The molecule has 2 amide bonds. The van der Waals surface area contributed by atoms with Crippen LogP contribution in [0.4, 0.5) is 16.4 Å². The van der Waals surface area contributed by atoms with E-state index in [0.29, 0.717) is 44.4 Å². The fraction of sp³-hybridized carbons (Fsp3) is 0.400. The number of nitrogens with zero attached hydrogens (tertiary/aromatic N) is 4. The van der Waals surface area contributed by atoms with Gasteiger partial charge in [-0.1, -0.05) is 19.1 Å². The molecule has 1 N–H and O–H groups in total. The zero-order valence-electron chi connectivity index (χ0n) is 16.2. The van der Waals surface area contributed by atoms with E-state index in [9.17, 15) is 9.59 Å². The van der Waals surface area contributed by atoms with Crippen LogP contribution in [-0.4, -0.2) is 64.6 Å². The maximum absolute atomic E-state index is 12.8. The van der Waals surface area contributed by atoms with Crippen LogP contribution in [0.2, 0.25) is 0 Å².